The van der Waals surface area contributed by atoms with Crippen molar-refractivity contribution in [3.8, 4) is 11.5 Å². The lowest BCUT2D eigenvalue weighted by Gasteiger charge is -2.16. The van der Waals surface area contributed by atoms with Gasteiger partial charge in [0.1, 0.15) is 16.4 Å². The standard InChI is InChI=1S/C22H21ClN2O5S/c1-15(30-17-8-4-3-5-9-17)22(26)24-16-12-13-20(29-2)21(14-16)31(27,28)25-19-11-7-6-10-18(19)23/h3-15,25H,1-2H3,(H,24,26). The van der Waals surface area contributed by atoms with Crippen molar-refractivity contribution in [2.45, 2.75) is 17.9 Å². The normalized spacial score (nSPS) is 12.0. The second kappa shape index (κ2) is 9.72. The second-order valence-corrected chi connectivity index (χ2v) is 8.57. The smallest absolute Gasteiger partial charge is 0.265 e. The zero-order valence-electron chi connectivity index (χ0n) is 16.8. The number of halogens is 1. The van der Waals surface area contributed by atoms with Crippen LogP contribution in [0.5, 0.6) is 11.5 Å². The molecule has 0 saturated carbocycles. The summed E-state index contributed by atoms with van der Waals surface area (Å²) in [7, 11) is -2.69. The first kappa shape index (κ1) is 22.5. The van der Waals surface area contributed by atoms with Crippen molar-refractivity contribution in [2.75, 3.05) is 17.1 Å². The van der Waals surface area contributed by atoms with Crippen molar-refractivity contribution >= 4 is 38.9 Å². The predicted octanol–water partition coefficient (Wildman–Crippen LogP) is 4.56. The number of hydrogen-bond donors (Lipinski definition) is 2. The Kier molecular flexibility index (Phi) is 7.04. The summed E-state index contributed by atoms with van der Waals surface area (Å²) in [6.45, 7) is 1.60. The zero-order chi connectivity index (χ0) is 22.4. The molecule has 0 aliphatic heterocycles. The third-order valence-electron chi connectivity index (χ3n) is 4.26. The maximum atomic E-state index is 13.0. The Bertz CT molecular complexity index is 1170. The zero-order valence-corrected chi connectivity index (χ0v) is 18.4. The molecular formula is C22H21ClN2O5S. The molecule has 31 heavy (non-hydrogen) atoms. The summed E-state index contributed by atoms with van der Waals surface area (Å²) in [6.07, 6.45) is -0.800. The fraction of sp³-hybridized carbons (Fsp3) is 0.136. The molecule has 0 radical (unpaired) electrons. The molecule has 1 atom stereocenters. The van der Waals surface area contributed by atoms with Crippen LogP contribution in [0.3, 0.4) is 0 Å². The van der Waals surface area contributed by atoms with Crippen LogP contribution in [-0.2, 0) is 14.8 Å². The molecule has 1 unspecified atom stereocenters. The topological polar surface area (TPSA) is 93.7 Å². The predicted molar refractivity (Wildman–Crippen MR) is 120 cm³/mol. The number of ether oxygens (including phenoxy) is 2. The first-order valence-electron chi connectivity index (χ1n) is 9.28. The molecule has 0 aliphatic rings. The number of amides is 1. The molecule has 7 nitrogen and oxygen atoms in total. The van der Waals surface area contributed by atoms with Gasteiger partial charge in [-0.05, 0) is 49.4 Å². The van der Waals surface area contributed by atoms with Gasteiger partial charge in [-0.15, -0.1) is 0 Å². The first-order valence-corrected chi connectivity index (χ1v) is 11.1. The number of hydrogen-bond acceptors (Lipinski definition) is 5. The van der Waals surface area contributed by atoms with Crippen molar-refractivity contribution in [3.05, 3.63) is 77.8 Å². The molecule has 3 aromatic carbocycles. The van der Waals surface area contributed by atoms with E-state index in [4.69, 9.17) is 21.1 Å². The molecule has 2 N–H and O–H groups in total. The number of benzene rings is 3. The number of rotatable bonds is 8. The van der Waals surface area contributed by atoms with E-state index in [0.717, 1.165) is 0 Å². The Morgan fingerprint density at radius 2 is 1.68 bits per heavy atom. The van der Waals surface area contributed by atoms with Crippen LogP contribution in [0.15, 0.2) is 77.7 Å². The van der Waals surface area contributed by atoms with Crippen LogP contribution in [0.2, 0.25) is 5.02 Å². The van der Waals surface area contributed by atoms with Crippen LogP contribution in [0.1, 0.15) is 6.92 Å². The second-order valence-electron chi connectivity index (χ2n) is 6.51. The van der Waals surface area contributed by atoms with Gasteiger partial charge in [-0.2, -0.15) is 0 Å². The molecule has 0 aromatic heterocycles. The highest BCUT2D eigenvalue weighted by atomic mass is 35.5. The average molecular weight is 461 g/mol. The first-order chi connectivity index (χ1) is 14.8. The fourth-order valence-corrected chi connectivity index (χ4v) is 4.22. The molecule has 0 heterocycles. The van der Waals surface area contributed by atoms with E-state index in [1.54, 1.807) is 61.5 Å². The van der Waals surface area contributed by atoms with E-state index in [-0.39, 0.29) is 27.0 Å². The molecule has 162 valence electrons. The number of carbonyl (C=O) groups excluding carboxylic acids is 1. The highest BCUT2D eigenvalue weighted by Gasteiger charge is 2.23. The van der Waals surface area contributed by atoms with Crippen molar-refractivity contribution in [3.63, 3.8) is 0 Å². The van der Waals surface area contributed by atoms with E-state index in [0.29, 0.717) is 5.75 Å². The van der Waals surface area contributed by atoms with Crippen LogP contribution in [0.25, 0.3) is 0 Å². The molecule has 0 spiro atoms. The molecule has 0 fully saturated rings. The minimum atomic E-state index is -4.05. The summed E-state index contributed by atoms with van der Waals surface area (Å²) in [4.78, 5) is 12.4. The van der Waals surface area contributed by atoms with Gasteiger partial charge in [-0.1, -0.05) is 41.9 Å². The maximum Gasteiger partial charge on any atom is 0.265 e. The molecule has 3 rings (SSSR count). The molecule has 0 aliphatic carbocycles. The van der Waals surface area contributed by atoms with Gasteiger partial charge >= 0.3 is 0 Å². The van der Waals surface area contributed by atoms with Gasteiger partial charge in [0.15, 0.2) is 6.10 Å². The van der Waals surface area contributed by atoms with Crippen molar-refractivity contribution in [2.24, 2.45) is 0 Å². The van der Waals surface area contributed by atoms with Crippen LogP contribution < -0.4 is 19.5 Å². The number of methoxy groups -OCH3 is 1. The molecule has 9 heteroatoms. The Morgan fingerprint density at radius 1 is 1.00 bits per heavy atom. The lowest BCUT2D eigenvalue weighted by molar-refractivity contribution is -0.122. The average Bonchev–Trinajstić information content (AvgIpc) is 2.76. The molecule has 1 amide bonds. The summed E-state index contributed by atoms with van der Waals surface area (Å²) in [6, 6.07) is 19.7. The number of anilines is 2. The van der Waals surface area contributed by atoms with Gasteiger partial charge in [-0.25, -0.2) is 8.42 Å². The molecule has 3 aromatic rings. The summed E-state index contributed by atoms with van der Waals surface area (Å²) in [5.41, 5.74) is 0.499. The third-order valence-corrected chi connectivity index (χ3v) is 5.98. The monoisotopic (exact) mass is 460 g/mol. The Morgan fingerprint density at radius 3 is 2.35 bits per heavy atom. The van der Waals surface area contributed by atoms with Crippen LogP contribution in [0.4, 0.5) is 11.4 Å². The lowest BCUT2D eigenvalue weighted by Crippen LogP contribution is -2.30. The Labute approximate surface area is 186 Å². The van der Waals surface area contributed by atoms with Gasteiger partial charge in [0.05, 0.1) is 17.8 Å². The van der Waals surface area contributed by atoms with Gasteiger partial charge in [-0.3, -0.25) is 9.52 Å². The number of sulfonamides is 1. The largest absolute Gasteiger partial charge is 0.495 e. The van der Waals surface area contributed by atoms with Gasteiger partial charge in [0.2, 0.25) is 0 Å². The number of nitrogens with one attached hydrogen (secondary N) is 2. The van der Waals surface area contributed by atoms with E-state index < -0.39 is 22.0 Å². The van der Waals surface area contributed by atoms with Crippen molar-refractivity contribution < 1.29 is 22.7 Å². The number of carbonyl (C=O) groups is 1. The molecule has 0 saturated heterocycles. The van der Waals surface area contributed by atoms with E-state index in [2.05, 4.69) is 10.0 Å². The Balaban J connectivity index is 1.81. The number of para-hydroxylation sites is 2. The van der Waals surface area contributed by atoms with Gasteiger partial charge in [0.25, 0.3) is 15.9 Å². The van der Waals surface area contributed by atoms with E-state index in [1.807, 2.05) is 6.07 Å². The van der Waals surface area contributed by atoms with Gasteiger partial charge in [0, 0.05) is 5.69 Å². The molecule has 0 bridgehead atoms. The summed E-state index contributed by atoms with van der Waals surface area (Å²) in [5.74, 6) is 0.231. The van der Waals surface area contributed by atoms with Crippen LogP contribution in [0, 0.1) is 0 Å². The third kappa shape index (κ3) is 5.68. The van der Waals surface area contributed by atoms with Crippen LogP contribution in [-0.4, -0.2) is 27.5 Å². The summed E-state index contributed by atoms with van der Waals surface area (Å²) in [5, 5.41) is 2.91. The molecular weight excluding hydrogens is 440 g/mol. The minimum Gasteiger partial charge on any atom is -0.495 e. The Hall–Kier alpha value is -3.23. The van der Waals surface area contributed by atoms with E-state index >= 15 is 0 Å². The highest BCUT2D eigenvalue weighted by Crippen LogP contribution is 2.31. The maximum absolute atomic E-state index is 13.0. The van der Waals surface area contributed by atoms with Crippen LogP contribution >= 0.6 is 11.6 Å². The van der Waals surface area contributed by atoms with Crippen molar-refractivity contribution in [1.82, 2.24) is 0 Å². The van der Waals surface area contributed by atoms with Crippen molar-refractivity contribution in [1.29, 1.82) is 0 Å². The lowest BCUT2D eigenvalue weighted by atomic mass is 10.2. The fourth-order valence-electron chi connectivity index (χ4n) is 2.71. The summed E-state index contributed by atoms with van der Waals surface area (Å²) < 4.78 is 39.2. The minimum absolute atomic E-state index is 0.117. The van der Waals surface area contributed by atoms with E-state index in [9.17, 15) is 13.2 Å². The SMILES string of the molecule is COc1ccc(NC(=O)C(C)Oc2ccccc2)cc1S(=O)(=O)Nc1ccccc1Cl. The summed E-state index contributed by atoms with van der Waals surface area (Å²) >= 11 is 6.06. The van der Waals surface area contributed by atoms with E-state index in [1.165, 1.54) is 19.2 Å². The highest BCUT2D eigenvalue weighted by molar-refractivity contribution is 7.92. The quantitative estimate of drug-likeness (QED) is 0.514. The van der Waals surface area contributed by atoms with Gasteiger partial charge < -0.3 is 14.8 Å².